The molecule has 21 heavy (non-hydrogen) atoms. The summed E-state index contributed by atoms with van der Waals surface area (Å²) in [7, 11) is 0. The molecule has 1 saturated carbocycles. The summed E-state index contributed by atoms with van der Waals surface area (Å²) in [6.07, 6.45) is 7.69. The molecule has 0 aliphatic heterocycles. The molecule has 1 aliphatic rings. The van der Waals surface area contributed by atoms with Gasteiger partial charge in [0.25, 0.3) is 0 Å². The average Bonchev–Trinajstić information content (AvgIpc) is 3.15. The SMILES string of the molecule is CC(NCc1ccc(-n2ccnc2)cc1)C(=O)NC1CC1. The number of imidazole rings is 1. The molecule has 2 N–H and O–H groups in total. The highest BCUT2D eigenvalue weighted by Crippen LogP contribution is 2.18. The van der Waals surface area contributed by atoms with E-state index in [9.17, 15) is 4.79 Å². The molecule has 1 aromatic heterocycles. The van der Waals surface area contributed by atoms with Gasteiger partial charge in [-0.3, -0.25) is 4.79 Å². The molecule has 110 valence electrons. The Balaban J connectivity index is 1.51. The first-order chi connectivity index (χ1) is 10.2. The smallest absolute Gasteiger partial charge is 0.237 e. The first kappa shape index (κ1) is 13.8. The van der Waals surface area contributed by atoms with Crippen LogP contribution in [0.15, 0.2) is 43.0 Å². The Morgan fingerprint density at radius 1 is 1.38 bits per heavy atom. The normalized spacial score (nSPS) is 15.7. The number of nitrogens with zero attached hydrogens (tertiary/aromatic N) is 2. The number of hydrogen-bond acceptors (Lipinski definition) is 3. The fraction of sp³-hybridized carbons (Fsp3) is 0.375. The summed E-state index contributed by atoms with van der Waals surface area (Å²) >= 11 is 0. The lowest BCUT2D eigenvalue weighted by molar-refractivity contribution is -0.122. The van der Waals surface area contributed by atoms with Gasteiger partial charge in [0.05, 0.1) is 12.4 Å². The Kier molecular flexibility index (Phi) is 4.01. The third-order valence-corrected chi connectivity index (χ3v) is 3.67. The topological polar surface area (TPSA) is 59.0 Å². The standard InChI is InChI=1S/C16H20N4O/c1-12(16(21)19-14-4-5-14)18-10-13-2-6-15(7-3-13)20-9-8-17-11-20/h2-3,6-9,11-12,14,18H,4-5,10H2,1H3,(H,19,21). The molecule has 1 aromatic carbocycles. The number of carbonyl (C=O) groups is 1. The van der Waals surface area contributed by atoms with E-state index in [1.165, 1.54) is 0 Å². The van der Waals surface area contributed by atoms with Gasteiger partial charge in [0.15, 0.2) is 0 Å². The predicted octanol–water partition coefficient (Wildman–Crippen LogP) is 1.63. The highest BCUT2D eigenvalue weighted by atomic mass is 16.2. The Labute approximate surface area is 124 Å². The van der Waals surface area contributed by atoms with E-state index < -0.39 is 0 Å². The van der Waals surface area contributed by atoms with Crippen LogP contribution in [0.5, 0.6) is 0 Å². The summed E-state index contributed by atoms with van der Waals surface area (Å²) in [5.41, 5.74) is 2.24. The van der Waals surface area contributed by atoms with Crippen molar-refractivity contribution < 1.29 is 4.79 Å². The van der Waals surface area contributed by atoms with Crippen molar-refractivity contribution in [1.82, 2.24) is 20.2 Å². The second-order valence-corrected chi connectivity index (χ2v) is 5.52. The lowest BCUT2D eigenvalue weighted by Crippen LogP contribution is -2.42. The molecule has 0 spiro atoms. The number of rotatable bonds is 6. The van der Waals surface area contributed by atoms with Crippen LogP contribution in [-0.2, 0) is 11.3 Å². The molecule has 1 heterocycles. The molecule has 1 unspecified atom stereocenters. The molecule has 0 saturated heterocycles. The van der Waals surface area contributed by atoms with Gasteiger partial charge in [-0.25, -0.2) is 4.98 Å². The van der Waals surface area contributed by atoms with E-state index in [0.29, 0.717) is 12.6 Å². The maximum atomic E-state index is 11.8. The van der Waals surface area contributed by atoms with Gasteiger partial charge in [-0.2, -0.15) is 0 Å². The van der Waals surface area contributed by atoms with Crippen molar-refractivity contribution in [2.75, 3.05) is 0 Å². The maximum Gasteiger partial charge on any atom is 0.237 e. The molecule has 2 aromatic rings. The lowest BCUT2D eigenvalue weighted by atomic mass is 10.2. The maximum absolute atomic E-state index is 11.8. The number of benzene rings is 1. The van der Waals surface area contributed by atoms with Crippen LogP contribution in [0.1, 0.15) is 25.3 Å². The molecule has 1 amide bonds. The summed E-state index contributed by atoms with van der Waals surface area (Å²) in [6.45, 7) is 2.58. The van der Waals surface area contributed by atoms with Gasteiger partial charge in [-0.05, 0) is 37.5 Å². The molecule has 1 fully saturated rings. The number of carbonyl (C=O) groups excluding carboxylic acids is 1. The van der Waals surface area contributed by atoms with Gasteiger partial charge in [-0.15, -0.1) is 0 Å². The van der Waals surface area contributed by atoms with Crippen molar-refractivity contribution in [3.05, 3.63) is 48.5 Å². The number of hydrogen-bond donors (Lipinski definition) is 2. The molecule has 1 atom stereocenters. The second kappa shape index (κ2) is 6.10. The van der Waals surface area contributed by atoms with Gasteiger partial charge in [-0.1, -0.05) is 12.1 Å². The summed E-state index contributed by atoms with van der Waals surface area (Å²) in [6, 6.07) is 8.47. The van der Waals surface area contributed by atoms with Crippen LogP contribution in [-0.4, -0.2) is 27.5 Å². The number of nitrogens with one attached hydrogen (secondary N) is 2. The van der Waals surface area contributed by atoms with Crippen LogP contribution < -0.4 is 10.6 Å². The third-order valence-electron chi connectivity index (χ3n) is 3.67. The minimum atomic E-state index is -0.168. The van der Waals surface area contributed by atoms with Crippen molar-refractivity contribution in [2.24, 2.45) is 0 Å². The fourth-order valence-corrected chi connectivity index (χ4v) is 2.12. The van der Waals surface area contributed by atoms with Crippen LogP contribution >= 0.6 is 0 Å². The minimum Gasteiger partial charge on any atom is -0.352 e. The fourth-order valence-electron chi connectivity index (χ4n) is 2.12. The molecular weight excluding hydrogens is 264 g/mol. The molecule has 1 aliphatic carbocycles. The van der Waals surface area contributed by atoms with Crippen molar-refractivity contribution >= 4 is 5.91 Å². The number of amides is 1. The Hall–Kier alpha value is -2.14. The summed E-state index contributed by atoms with van der Waals surface area (Å²) in [5, 5.41) is 6.26. The lowest BCUT2D eigenvalue weighted by Gasteiger charge is -2.14. The van der Waals surface area contributed by atoms with Crippen molar-refractivity contribution in [1.29, 1.82) is 0 Å². The van der Waals surface area contributed by atoms with Gasteiger partial charge >= 0.3 is 0 Å². The van der Waals surface area contributed by atoms with Crippen LogP contribution in [0.3, 0.4) is 0 Å². The van der Waals surface area contributed by atoms with Gasteiger partial charge in [0.1, 0.15) is 0 Å². The van der Waals surface area contributed by atoms with E-state index in [1.54, 1.807) is 12.5 Å². The van der Waals surface area contributed by atoms with Gasteiger partial charge in [0.2, 0.25) is 5.91 Å². The van der Waals surface area contributed by atoms with Crippen LogP contribution in [0.4, 0.5) is 0 Å². The van der Waals surface area contributed by atoms with Crippen LogP contribution in [0, 0.1) is 0 Å². The second-order valence-electron chi connectivity index (χ2n) is 5.52. The Bertz CT molecular complexity index is 587. The predicted molar refractivity (Wildman–Crippen MR) is 81.0 cm³/mol. The van der Waals surface area contributed by atoms with E-state index >= 15 is 0 Å². The quantitative estimate of drug-likeness (QED) is 0.847. The zero-order valence-corrected chi connectivity index (χ0v) is 12.1. The van der Waals surface area contributed by atoms with Crippen molar-refractivity contribution in [3.8, 4) is 5.69 Å². The molecule has 5 nitrogen and oxygen atoms in total. The summed E-state index contributed by atoms with van der Waals surface area (Å²) < 4.78 is 1.96. The van der Waals surface area contributed by atoms with Crippen LogP contribution in [0.2, 0.25) is 0 Å². The first-order valence-electron chi connectivity index (χ1n) is 7.33. The largest absolute Gasteiger partial charge is 0.352 e. The van der Waals surface area contributed by atoms with E-state index in [2.05, 4.69) is 27.8 Å². The highest BCUT2D eigenvalue weighted by Gasteiger charge is 2.25. The summed E-state index contributed by atoms with van der Waals surface area (Å²) in [4.78, 5) is 15.9. The van der Waals surface area contributed by atoms with Gasteiger partial charge < -0.3 is 15.2 Å². The van der Waals surface area contributed by atoms with Crippen molar-refractivity contribution in [3.63, 3.8) is 0 Å². The van der Waals surface area contributed by atoms with E-state index in [0.717, 1.165) is 24.1 Å². The molecule has 0 bridgehead atoms. The van der Waals surface area contributed by atoms with E-state index in [4.69, 9.17) is 0 Å². The minimum absolute atomic E-state index is 0.0903. The average molecular weight is 284 g/mol. The molecular formula is C16H20N4O. The highest BCUT2D eigenvalue weighted by molar-refractivity contribution is 5.81. The zero-order valence-electron chi connectivity index (χ0n) is 12.1. The third kappa shape index (κ3) is 3.70. The number of aromatic nitrogens is 2. The van der Waals surface area contributed by atoms with Crippen molar-refractivity contribution in [2.45, 2.75) is 38.4 Å². The zero-order chi connectivity index (χ0) is 14.7. The van der Waals surface area contributed by atoms with Gasteiger partial charge in [0, 0.05) is 30.7 Å². The Morgan fingerprint density at radius 3 is 2.76 bits per heavy atom. The van der Waals surface area contributed by atoms with E-state index in [-0.39, 0.29) is 11.9 Å². The van der Waals surface area contributed by atoms with Crippen LogP contribution in [0.25, 0.3) is 5.69 Å². The first-order valence-corrected chi connectivity index (χ1v) is 7.33. The Morgan fingerprint density at radius 2 is 2.14 bits per heavy atom. The summed E-state index contributed by atoms with van der Waals surface area (Å²) in [5.74, 6) is 0.0903. The molecule has 3 rings (SSSR count). The molecule has 5 heteroatoms. The monoisotopic (exact) mass is 284 g/mol. The van der Waals surface area contributed by atoms with E-state index in [1.807, 2.05) is 29.8 Å². The molecule has 0 radical (unpaired) electrons.